The molecule has 1 heterocycles. The lowest BCUT2D eigenvalue weighted by atomic mass is 9.88. The third kappa shape index (κ3) is 2.23. The first kappa shape index (κ1) is 14.3. The van der Waals surface area contributed by atoms with Crippen LogP contribution in [-0.4, -0.2) is 19.3 Å². The number of fused-ring (bicyclic) bond motifs is 1. The Morgan fingerprint density at radius 3 is 2.42 bits per heavy atom. The van der Waals surface area contributed by atoms with E-state index in [2.05, 4.69) is 5.32 Å². The predicted molar refractivity (Wildman–Crippen MR) is 69.2 cm³/mol. The quantitative estimate of drug-likeness (QED) is 0.834. The van der Waals surface area contributed by atoms with E-state index >= 15 is 0 Å². The molecule has 2 aromatic rings. The third-order valence-corrected chi connectivity index (χ3v) is 4.20. The van der Waals surface area contributed by atoms with E-state index in [1.165, 1.54) is 43.5 Å². The fourth-order valence-corrected chi connectivity index (χ4v) is 2.87. The summed E-state index contributed by atoms with van der Waals surface area (Å²) in [6.07, 6.45) is -4.97. The molecule has 1 nitrogen and oxygen atoms in total. The Balaban J connectivity index is 2.60. The van der Waals surface area contributed by atoms with E-state index in [0.717, 1.165) is 5.39 Å². The van der Waals surface area contributed by atoms with Crippen LogP contribution in [0.4, 0.5) is 17.6 Å². The maximum absolute atomic E-state index is 14.7. The summed E-state index contributed by atoms with van der Waals surface area (Å²) in [5, 5.41) is 4.94. The average molecular weight is 291 g/mol. The Hall–Kier alpha value is -1.14. The summed E-state index contributed by atoms with van der Waals surface area (Å²) >= 11 is 1.29. The standard InChI is InChI=1S/C13H13F4NS/c1-8(18-2)12(14,13(15,16)17)10-4-3-9-5-6-19-11(9)7-10/h3-8,18H,1-2H3. The van der Waals surface area contributed by atoms with Gasteiger partial charge in [-0.2, -0.15) is 13.2 Å². The number of benzene rings is 1. The van der Waals surface area contributed by atoms with E-state index in [0.29, 0.717) is 4.70 Å². The number of hydrogen-bond donors (Lipinski definition) is 1. The molecule has 0 saturated heterocycles. The van der Waals surface area contributed by atoms with E-state index in [9.17, 15) is 17.6 Å². The molecule has 0 saturated carbocycles. The first-order chi connectivity index (χ1) is 8.80. The number of likely N-dealkylation sites (N-methyl/N-ethyl adjacent to an activating group) is 1. The maximum atomic E-state index is 14.7. The second kappa shape index (κ2) is 4.76. The zero-order valence-corrected chi connectivity index (χ0v) is 11.2. The van der Waals surface area contributed by atoms with Crippen LogP contribution < -0.4 is 5.32 Å². The molecule has 0 aliphatic carbocycles. The van der Waals surface area contributed by atoms with E-state index in [1.54, 1.807) is 11.4 Å². The molecule has 0 aliphatic heterocycles. The van der Waals surface area contributed by atoms with Crippen LogP contribution in [-0.2, 0) is 5.67 Å². The Bertz CT molecular complexity index is 577. The highest BCUT2D eigenvalue weighted by atomic mass is 32.1. The Morgan fingerprint density at radius 1 is 1.16 bits per heavy atom. The van der Waals surface area contributed by atoms with Crippen molar-refractivity contribution in [3.63, 3.8) is 0 Å². The van der Waals surface area contributed by atoms with E-state index in [4.69, 9.17) is 0 Å². The molecule has 2 rings (SSSR count). The molecule has 0 aliphatic rings. The molecular formula is C13H13F4NS. The van der Waals surface area contributed by atoms with Gasteiger partial charge in [0.1, 0.15) is 0 Å². The SMILES string of the molecule is CNC(C)C(F)(c1ccc2ccsc2c1)C(F)(F)F. The minimum Gasteiger partial charge on any atom is -0.314 e. The first-order valence-corrected chi connectivity index (χ1v) is 6.59. The van der Waals surface area contributed by atoms with Crippen molar-refractivity contribution in [2.45, 2.75) is 24.8 Å². The van der Waals surface area contributed by atoms with Gasteiger partial charge in [-0.05, 0) is 36.9 Å². The number of thiophene rings is 1. The monoisotopic (exact) mass is 291 g/mol. The normalized spacial score (nSPS) is 17.4. The number of nitrogens with one attached hydrogen (secondary N) is 1. The molecule has 0 fully saturated rings. The number of alkyl halides is 4. The van der Waals surface area contributed by atoms with Gasteiger partial charge < -0.3 is 5.32 Å². The maximum Gasteiger partial charge on any atom is 0.428 e. The Morgan fingerprint density at radius 2 is 1.84 bits per heavy atom. The number of halogens is 4. The highest BCUT2D eigenvalue weighted by molar-refractivity contribution is 7.17. The van der Waals surface area contributed by atoms with Gasteiger partial charge in [0.05, 0.1) is 6.04 Å². The van der Waals surface area contributed by atoms with Gasteiger partial charge in [-0.3, -0.25) is 0 Å². The summed E-state index contributed by atoms with van der Waals surface area (Å²) in [5.74, 6) is 0. The molecule has 2 atom stereocenters. The summed E-state index contributed by atoms with van der Waals surface area (Å²) in [4.78, 5) is 0. The summed E-state index contributed by atoms with van der Waals surface area (Å²) in [5.41, 5.74) is -3.77. The second-order valence-electron chi connectivity index (χ2n) is 4.39. The van der Waals surface area contributed by atoms with Crippen LogP contribution in [0.15, 0.2) is 29.6 Å². The Labute approximate surface area is 112 Å². The minimum atomic E-state index is -4.97. The summed E-state index contributed by atoms with van der Waals surface area (Å²) < 4.78 is 54.7. The molecule has 0 amide bonds. The van der Waals surface area contributed by atoms with Gasteiger partial charge in [0.25, 0.3) is 0 Å². The second-order valence-corrected chi connectivity index (χ2v) is 5.34. The molecule has 2 unspecified atom stereocenters. The molecule has 0 spiro atoms. The fourth-order valence-electron chi connectivity index (χ4n) is 2.04. The van der Waals surface area contributed by atoms with Crippen molar-refractivity contribution in [2.24, 2.45) is 0 Å². The van der Waals surface area contributed by atoms with E-state index in [-0.39, 0.29) is 5.56 Å². The van der Waals surface area contributed by atoms with E-state index < -0.39 is 17.9 Å². The largest absolute Gasteiger partial charge is 0.428 e. The Kier molecular flexibility index (Phi) is 3.57. The molecule has 6 heteroatoms. The third-order valence-electron chi connectivity index (χ3n) is 3.32. The van der Waals surface area contributed by atoms with Crippen molar-refractivity contribution in [1.29, 1.82) is 0 Å². The summed E-state index contributed by atoms with van der Waals surface area (Å²) in [7, 11) is 1.31. The molecular weight excluding hydrogens is 278 g/mol. The van der Waals surface area contributed by atoms with Gasteiger partial charge in [0.15, 0.2) is 0 Å². The van der Waals surface area contributed by atoms with Crippen molar-refractivity contribution >= 4 is 21.4 Å². The highest BCUT2D eigenvalue weighted by Crippen LogP contribution is 2.46. The summed E-state index contributed by atoms with van der Waals surface area (Å²) in [6.45, 7) is 1.19. The fraction of sp³-hybridized carbons (Fsp3) is 0.385. The minimum absolute atomic E-state index is 0.364. The van der Waals surface area contributed by atoms with Gasteiger partial charge >= 0.3 is 6.18 Å². The van der Waals surface area contributed by atoms with E-state index in [1.807, 2.05) is 0 Å². The van der Waals surface area contributed by atoms with Crippen LogP contribution >= 0.6 is 11.3 Å². The summed E-state index contributed by atoms with van der Waals surface area (Å²) in [6, 6.07) is 4.42. The van der Waals surface area contributed by atoms with Crippen molar-refractivity contribution in [3.05, 3.63) is 35.2 Å². The molecule has 0 radical (unpaired) electrons. The van der Waals surface area contributed by atoms with Crippen LogP contribution in [0.3, 0.4) is 0 Å². The van der Waals surface area contributed by atoms with Crippen LogP contribution in [0.25, 0.3) is 10.1 Å². The van der Waals surface area contributed by atoms with Gasteiger partial charge in [0.2, 0.25) is 5.67 Å². The highest BCUT2D eigenvalue weighted by Gasteiger charge is 2.60. The number of rotatable bonds is 3. The lowest BCUT2D eigenvalue weighted by Gasteiger charge is -2.33. The van der Waals surface area contributed by atoms with Crippen molar-refractivity contribution in [3.8, 4) is 0 Å². The zero-order valence-electron chi connectivity index (χ0n) is 10.4. The zero-order chi connectivity index (χ0) is 14.3. The van der Waals surface area contributed by atoms with Crippen LogP contribution in [0.1, 0.15) is 12.5 Å². The molecule has 19 heavy (non-hydrogen) atoms. The average Bonchev–Trinajstić information content (AvgIpc) is 2.82. The van der Waals surface area contributed by atoms with Gasteiger partial charge in [0, 0.05) is 10.3 Å². The van der Waals surface area contributed by atoms with Gasteiger partial charge in [-0.15, -0.1) is 11.3 Å². The number of hydrogen-bond acceptors (Lipinski definition) is 2. The van der Waals surface area contributed by atoms with Crippen molar-refractivity contribution in [1.82, 2.24) is 5.32 Å². The molecule has 104 valence electrons. The lowest BCUT2D eigenvalue weighted by molar-refractivity contribution is -0.244. The van der Waals surface area contributed by atoms with Crippen LogP contribution in [0.2, 0.25) is 0 Å². The van der Waals surface area contributed by atoms with Gasteiger partial charge in [-0.25, -0.2) is 4.39 Å². The predicted octanol–water partition coefficient (Wildman–Crippen LogP) is 4.24. The van der Waals surface area contributed by atoms with Crippen LogP contribution in [0.5, 0.6) is 0 Å². The van der Waals surface area contributed by atoms with Crippen molar-refractivity contribution < 1.29 is 17.6 Å². The van der Waals surface area contributed by atoms with Gasteiger partial charge in [-0.1, -0.05) is 12.1 Å². The first-order valence-electron chi connectivity index (χ1n) is 5.71. The topological polar surface area (TPSA) is 12.0 Å². The van der Waals surface area contributed by atoms with Crippen LogP contribution in [0, 0.1) is 0 Å². The van der Waals surface area contributed by atoms with Crippen molar-refractivity contribution in [2.75, 3.05) is 7.05 Å². The molecule has 1 aromatic heterocycles. The molecule has 1 N–H and O–H groups in total. The molecule has 1 aromatic carbocycles. The lowest BCUT2D eigenvalue weighted by Crippen LogP contribution is -2.52. The smallest absolute Gasteiger partial charge is 0.314 e. The molecule has 0 bridgehead atoms.